The highest BCUT2D eigenvalue weighted by molar-refractivity contribution is 5.87. The van der Waals surface area contributed by atoms with E-state index in [-0.39, 0.29) is 42.5 Å². The Balaban J connectivity index is 1.52. The smallest absolute Gasteiger partial charge is 0.396 e. The number of amides is 1. The fraction of sp³-hybridized carbons (Fsp3) is 0.727. The highest BCUT2D eigenvalue weighted by Gasteiger charge is 2.60. The van der Waals surface area contributed by atoms with Gasteiger partial charge in [0.15, 0.2) is 0 Å². The van der Waals surface area contributed by atoms with Gasteiger partial charge in [0, 0.05) is 55.5 Å². The van der Waals surface area contributed by atoms with Crippen LogP contribution in [0.3, 0.4) is 0 Å². The van der Waals surface area contributed by atoms with E-state index < -0.39 is 17.2 Å². The molecule has 0 aromatic carbocycles. The Hall–Kier alpha value is -1.67. The van der Waals surface area contributed by atoms with Crippen LogP contribution in [-0.4, -0.2) is 46.1 Å². The monoisotopic (exact) mass is 425 g/mol. The van der Waals surface area contributed by atoms with E-state index >= 15 is 0 Å². The topological polar surface area (TPSA) is 65.5 Å². The summed E-state index contributed by atoms with van der Waals surface area (Å²) >= 11 is 0. The van der Waals surface area contributed by atoms with Crippen molar-refractivity contribution in [1.29, 1.82) is 0 Å². The molecule has 3 aliphatic rings. The average Bonchev–Trinajstić information content (AvgIpc) is 3.21. The lowest BCUT2D eigenvalue weighted by atomic mass is 9.73. The summed E-state index contributed by atoms with van der Waals surface area (Å²) < 4.78 is 39.3. The molecule has 1 aliphatic carbocycles. The SMILES string of the molecule is CC1C2Cc3ncc(C(F)(F)F)cc3CN2C(=O)[C@]12CC[C@@H](NCC(C)(C)CO)C2. The molecule has 8 heteroatoms. The van der Waals surface area contributed by atoms with Crippen LogP contribution in [0.5, 0.6) is 0 Å². The van der Waals surface area contributed by atoms with Crippen LogP contribution >= 0.6 is 0 Å². The summed E-state index contributed by atoms with van der Waals surface area (Å²) in [4.78, 5) is 19.4. The number of carbonyl (C=O) groups excluding carboxylic acids is 1. The van der Waals surface area contributed by atoms with E-state index in [2.05, 4.69) is 17.2 Å². The molecule has 2 aliphatic heterocycles. The van der Waals surface area contributed by atoms with E-state index in [1.54, 1.807) is 4.90 Å². The fourth-order valence-corrected chi connectivity index (χ4v) is 5.48. The van der Waals surface area contributed by atoms with E-state index in [1.807, 2.05) is 13.8 Å². The van der Waals surface area contributed by atoms with Crippen molar-refractivity contribution in [2.45, 2.75) is 71.3 Å². The second-order valence-electron chi connectivity index (χ2n) is 10.1. The first-order valence-corrected chi connectivity index (χ1v) is 10.7. The molecule has 3 heterocycles. The molecule has 166 valence electrons. The van der Waals surface area contributed by atoms with Gasteiger partial charge in [0.05, 0.1) is 11.0 Å². The minimum Gasteiger partial charge on any atom is -0.396 e. The maximum Gasteiger partial charge on any atom is 0.417 e. The van der Waals surface area contributed by atoms with E-state index in [9.17, 15) is 23.1 Å². The second-order valence-corrected chi connectivity index (χ2v) is 10.1. The van der Waals surface area contributed by atoms with Gasteiger partial charge in [-0.2, -0.15) is 13.2 Å². The van der Waals surface area contributed by atoms with Gasteiger partial charge in [-0.3, -0.25) is 9.78 Å². The van der Waals surface area contributed by atoms with Gasteiger partial charge in [-0.05, 0) is 36.8 Å². The van der Waals surface area contributed by atoms with Crippen molar-refractivity contribution in [1.82, 2.24) is 15.2 Å². The van der Waals surface area contributed by atoms with Crippen molar-refractivity contribution < 1.29 is 23.1 Å². The summed E-state index contributed by atoms with van der Waals surface area (Å²) in [6.45, 7) is 7.07. The summed E-state index contributed by atoms with van der Waals surface area (Å²) in [6.07, 6.45) is -0.605. The first-order valence-electron chi connectivity index (χ1n) is 10.7. The normalized spacial score (nSPS) is 31.4. The van der Waals surface area contributed by atoms with Gasteiger partial charge in [0.1, 0.15) is 0 Å². The van der Waals surface area contributed by atoms with Crippen LogP contribution in [0, 0.1) is 16.7 Å². The molecular weight excluding hydrogens is 395 g/mol. The lowest BCUT2D eigenvalue weighted by molar-refractivity contribution is -0.138. The van der Waals surface area contributed by atoms with E-state index in [4.69, 9.17) is 0 Å². The maximum atomic E-state index is 13.5. The van der Waals surface area contributed by atoms with Crippen LogP contribution < -0.4 is 5.32 Å². The van der Waals surface area contributed by atoms with Gasteiger partial charge in [-0.1, -0.05) is 20.8 Å². The van der Waals surface area contributed by atoms with Crippen LogP contribution in [-0.2, 0) is 23.9 Å². The number of carbonyl (C=O) groups is 1. The number of aromatic nitrogens is 1. The molecule has 0 radical (unpaired) electrons. The lowest BCUT2D eigenvalue weighted by Gasteiger charge is -2.33. The molecule has 2 fully saturated rings. The Labute approximate surface area is 175 Å². The first kappa shape index (κ1) is 21.6. The third kappa shape index (κ3) is 3.51. The minimum absolute atomic E-state index is 0.0122. The lowest BCUT2D eigenvalue weighted by Crippen LogP contribution is -2.41. The van der Waals surface area contributed by atoms with E-state index in [1.165, 1.54) is 0 Å². The average molecular weight is 425 g/mol. The van der Waals surface area contributed by atoms with E-state index in [0.29, 0.717) is 24.2 Å². The number of rotatable bonds is 4. The number of halogens is 3. The molecule has 2 unspecified atom stereocenters. The van der Waals surface area contributed by atoms with Gasteiger partial charge in [-0.25, -0.2) is 0 Å². The Morgan fingerprint density at radius 3 is 2.77 bits per heavy atom. The summed E-state index contributed by atoms with van der Waals surface area (Å²) in [6, 6.07) is 1.35. The molecule has 5 nitrogen and oxygen atoms in total. The number of pyridine rings is 1. The summed E-state index contributed by atoms with van der Waals surface area (Å²) in [5.41, 5.74) is -0.247. The van der Waals surface area contributed by atoms with Crippen molar-refractivity contribution in [3.05, 3.63) is 29.1 Å². The Morgan fingerprint density at radius 2 is 2.10 bits per heavy atom. The largest absolute Gasteiger partial charge is 0.417 e. The number of nitrogens with one attached hydrogen (secondary N) is 1. The Kier molecular flexibility index (Phi) is 5.17. The summed E-state index contributed by atoms with van der Waals surface area (Å²) in [5.74, 6) is 0.202. The van der Waals surface area contributed by atoms with Crippen LogP contribution in [0.15, 0.2) is 12.3 Å². The van der Waals surface area contributed by atoms with Gasteiger partial charge < -0.3 is 15.3 Å². The molecule has 4 atom stereocenters. The molecule has 1 saturated carbocycles. The quantitative estimate of drug-likeness (QED) is 0.778. The Morgan fingerprint density at radius 1 is 1.37 bits per heavy atom. The number of hydrogen-bond acceptors (Lipinski definition) is 4. The van der Waals surface area contributed by atoms with Crippen LogP contribution in [0.1, 0.15) is 56.9 Å². The van der Waals surface area contributed by atoms with Crippen LogP contribution in [0.25, 0.3) is 0 Å². The molecule has 0 bridgehead atoms. The number of alkyl halides is 3. The molecule has 2 N–H and O–H groups in total. The molecule has 1 aromatic heterocycles. The molecule has 1 spiro atoms. The zero-order valence-electron chi connectivity index (χ0n) is 17.7. The summed E-state index contributed by atoms with van der Waals surface area (Å²) in [5, 5.41) is 13.0. The first-order chi connectivity index (χ1) is 14.0. The van der Waals surface area contributed by atoms with Gasteiger partial charge in [0.25, 0.3) is 0 Å². The number of nitrogens with zero attached hydrogens (tertiary/aromatic N) is 2. The minimum atomic E-state index is -4.44. The molecule has 1 amide bonds. The van der Waals surface area contributed by atoms with Crippen molar-refractivity contribution in [2.75, 3.05) is 13.2 Å². The van der Waals surface area contributed by atoms with Gasteiger partial charge in [-0.15, -0.1) is 0 Å². The molecule has 1 saturated heterocycles. The highest BCUT2D eigenvalue weighted by Crippen LogP contribution is 2.54. The maximum absolute atomic E-state index is 13.5. The number of hydrogen-bond donors (Lipinski definition) is 2. The Bertz CT molecular complexity index is 841. The third-order valence-corrected chi connectivity index (χ3v) is 7.51. The standard InChI is InChI=1S/C22H30F3N3O2/c1-13-18-7-17-14(6-15(9-26-17)22(23,24)25)10-28(18)19(30)21(13)5-4-16(8-21)27-11-20(2,3)12-29/h6,9,13,16,18,27,29H,4-5,7-8,10-12H2,1-3H3/t13?,16-,18?,21+/m1/s1. The molecule has 1 aromatic rings. The second kappa shape index (κ2) is 7.19. The fourth-order valence-electron chi connectivity index (χ4n) is 5.48. The van der Waals surface area contributed by atoms with Crippen molar-refractivity contribution >= 4 is 5.91 Å². The molecule has 4 rings (SSSR count). The van der Waals surface area contributed by atoms with Gasteiger partial charge in [0.2, 0.25) is 5.91 Å². The van der Waals surface area contributed by atoms with Crippen LogP contribution in [0.4, 0.5) is 13.2 Å². The number of aliphatic hydroxyl groups is 1. The summed E-state index contributed by atoms with van der Waals surface area (Å²) in [7, 11) is 0. The predicted octanol–water partition coefficient (Wildman–Crippen LogP) is 3.15. The van der Waals surface area contributed by atoms with Gasteiger partial charge >= 0.3 is 6.18 Å². The van der Waals surface area contributed by atoms with Crippen molar-refractivity contribution in [3.8, 4) is 0 Å². The molecular formula is C22H30F3N3O2. The predicted molar refractivity (Wildman–Crippen MR) is 105 cm³/mol. The highest BCUT2D eigenvalue weighted by atomic mass is 19.4. The number of fused-ring (bicyclic) bond motifs is 2. The zero-order valence-corrected chi connectivity index (χ0v) is 17.7. The molecule has 30 heavy (non-hydrogen) atoms. The van der Waals surface area contributed by atoms with Crippen molar-refractivity contribution in [3.63, 3.8) is 0 Å². The number of aliphatic hydroxyl groups excluding tert-OH is 1. The third-order valence-electron chi connectivity index (χ3n) is 7.51. The zero-order chi connectivity index (χ0) is 21.9. The van der Waals surface area contributed by atoms with Crippen LogP contribution in [0.2, 0.25) is 0 Å². The van der Waals surface area contributed by atoms with Crippen molar-refractivity contribution in [2.24, 2.45) is 16.7 Å². The van der Waals surface area contributed by atoms with E-state index in [0.717, 1.165) is 31.5 Å².